The van der Waals surface area contributed by atoms with Crippen LogP contribution in [0, 0.1) is 23.7 Å². The Labute approximate surface area is 79.3 Å². The standard InChI is InChI=1S/C11H18O2/c1-6(12)10-8-3-4-9(5-8)11(10)7(2)13/h3-4,6-13H,5H2,1-2H3/t6-,7+,8-,9+,10-,11+. The molecule has 0 aromatic heterocycles. The topological polar surface area (TPSA) is 40.5 Å². The number of aliphatic hydroxyl groups excluding tert-OH is 2. The van der Waals surface area contributed by atoms with E-state index in [2.05, 4.69) is 12.2 Å². The van der Waals surface area contributed by atoms with E-state index in [9.17, 15) is 10.2 Å². The predicted molar refractivity (Wildman–Crippen MR) is 51.1 cm³/mol. The fourth-order valence-corrected chi connectivity index (χ4v) is 3.26. The highest BCUT2D eigenvalue weighted by atomic mass is 16.3. The smallest absolute Gasteiger partial charge is 0.0549 e. The number of hydrogen-bond donors (Lipinski definition) is 2. The zero-order valence-electron chi connectivity index (χ0n) is 8.22. The van der Waals surface area contributed by atoms with Crippen molar-refractivity contribution in [2.24, 2.45) is 23.7 Å². The average Bonchev–Trinajstić information content (AvgIpc) is 2.60. The molecule has 0 unspecified atom stereocenters. The first kappa shape index (κ1) is 9.22. The van der Waals surface area contributed by atoms with Crippen molar-refractivity contribution < 1.29 is 10.2 Å². The van der Waals surface area contributed by atoms with E-state index in [1.54, 1.807) is 0 Å². The number of rotatable bonds is 2. The largest absolute Gasteiger partial charge is 0.393 e. The highest BCUT2D eigenvalue weighted by molar-refractivity contribution is 5.15. The van der Waals surface area contributed by atoms with Crippen molar-refractivity contribution in [1.82, 2.24) is 0 Å². The van der Waals surface area contributed by atoms with Crippen molar-refractivity contribution in [3.63, 3.8) is 0 Å². The molecule has 2 bridgehead atoms. The molecule has 1 fully saturated rings. The van der Waals surface area contributed by atoms with Crippen LogP contribution in [0.5, 0.6) is 0 Å². The zero-order chi connectivity index (χ0) is 9.59. The summed E-state index contributed by atoms with van der Waals surface area (Å²) in [7, 11) is 0. The quantitative estimate of drug-likeness (QED) is 0.630. The van der Waals surface area contributed by atoms with Crippen molar-refractivity contribution in [2.45, 2.75) is 32.5 Å². The van der Waals surface area contributed by atoms with Gasteiger partial charge in [-0.1, -0.05) is 12.2 Å². The molecule has 0 aromatic rings. The van der Waals surface area contributed by atoms with Crippen LogP contribution in [-0.2, 0) is 0 Å². The molecule has 1 saturated carbocycles. The fourth-order valence-electron chi connectivity index (χ4n) is 3.26. The molecule has 0 aromatic carbocycles. The molecule has 2 heteroatoms. The molecule has 2 aliphatic rings. The molecule has 0 aliphatic heterocycles. The van der Waals surface area contributed by atoms with Gasteiger partial charge < -0.3 is 10.2 Å². The second kappa shape index (κ2) is 3.10. The van der Waals surface area contributed by atoms with Gasteiger partial charge in [0.2, 0.25) is 0 Å². The number of allylic oxidation sites excluding steroid dienone is 2. The molecule has 0 heterocycles. The normalized spacial score (nSPS) is 46.8. The summed E-state index contributed by atoms with van der Waals surface area (Å²) in [6.07, 6.45) is 4.96. The van der Waals surface area contributed by atoms with E-state index in [0.29, 0.717) is 11.8 Å². The minimum absolute atomic E-state index is 0.273. The lowest BCUT2D eigenvalue weighted by atomic mass is 9.77. The first-order valence-corrected chi connectivity index (χ1v) is 5.15. The van der Waals surface area contributed by atoms with Gasteiger partial charge in [-0.2, -0.15) is 0 Å². The Kier molecular flexibility index (Phi) is 2.20. The first-order valence-electron chi connectivity index (χ1n) is 5.15. The van der Waals surface area contributed by atoms with Crippen LogP contribution >= 0.6 is 0 Å². The summed E-state index contributed by atoms with van der Waals surface area (Å²) in [6.45, 7) is 3.68. The molecule has 2 aliphatic carbocycles. The molecule has 0 saturated heterocycles. The molecule has 2 N–H and O–H groups in total. The van der Waals surface area contributed by atoms with Gasteiger partial charge in [-0.15, -0.1) is 0 Å². The van der Waals surface area contributed by atoms with E-state index in [4.69, 9.17) is 0 Å². The molecule has 74 valence electrons. The van der Waals surface area contributed by atoms with E-state index in [1.807, 2.05) is 13.8 Å². The van der Waals surface area contributed by atoms with E-state index < -0.39 is 0 Å². The molecule has 6 atom stereocenters. The van der Waals surface area contributed by atoms with Crippen LogP contribution in [0.2, 0.25) is 0 Å². The molecular formula is C11H18O2. The summed E-state index contributed by atoms with van der Waals surface area (Å²) < 4.78 is 0. The molecule has 0 radical (unpaired) electrons. The van der Waals surface area contributed by atoms with Crippen LogP contribution in [-0.4, -0.2) is 22.4 Å². The van der Waals surface area contributed by atoms with Crippen LogP contribution in [0.3, 0.4) is 0 Å². The van der Waals surface area contributed by atoms with Crippen molar-refractivity contribution in [2.75, 3.05) is 0 Å². The van der Waals surface area contributed by atoms with Crippen molar-refractivity contribution >= 4 is 0 Å². The Hall–Kier alpha value is -0.340. The van der Waals surface area contributed by atoms with Crippen LogP contribution in [0.25, 0.3) is 0 Å². The van der Waals surface area contributed by atoms with Crippen molar-refractivity contribution in [3.8, 4) is 0 Å². The van der Waals surface area contributed by atoms with E-state index in [0.717, 1.165) is 6.42 Å². The second-order valence-electron chi connectivity index (χ2n) is 4.58. The third-order valence-electron chi connectivity index (χ3n) is 3.70. The maximum absolute atomic E-state index is 9.65. The van der Waals surface area contributed by atoms with Gasteiger partial charge in [0, 0.05) is 0 Å². The highest BCUT2D eigenvalue weighted by Crippen LogP contribution is 2.50. The molecule has 0 amide bonds. The summed E-state index contributed by atoms with van der Waals surface area (Å²) in [5, 5.41) is 19.3. The Balaban J connectivity index is 2.20. The van der Waals surface area contributed by atoms with E-state index >= 15 is 0 Å². The van der Waals surface area contributed by atoms with Gasteiger partial charge in [0.05, 0.1) is 12.2 Å². The molecular weight excluding hydrogens is 164 g/mol. The molecule has 2 nitrogen and oxygen atoms in total. The third kappa shape index (κ3) is 1.32. The maximum Gasteiger partial charge on any atom is 0.0549 e. The lowest BCUT2D eigenvalue weighted by molar-refractivity contribution is 0.0172. The Morgan fingerprint density at radius 1 is 1.00 bits per heavy atom. The van der Waals surface area contributed by atoms with E-state index in [-0.39, 0.29) is 24.0 Å². The molecule has 13 heavy (non-hydrogen) atoms. The van der Waals surface area contributed by atoms with Crippen LogP contribution < -0.4 is 0 Å². The highest BCUT2D eigenvalue weighted by Gasteiger charge is 2.48. The third-order valence-corrected chi connectivity index (χ3v) is 3.70. The minimum atomic E-state index is -0.292. The monoisotopic (exact) mass is 182 g/mol. The SMILES string of the molecule is C[C@H](O)[C@@H]1[C@H]([C@@H](C)O)[C@@H]2C=C[C@H]1C2. The average molecular weight is 182 g/mol. The van der Waals surface area contributed by atoms with Crippen molar-refractivity contribution in [1.29, 1.82) is 0 Å². The lowest BCUT2D eigenvalue weighted by Gasteiger charge is -2.32. The van der Waals surface area contributed by atoms with E-state index in [1.165, 1.54) is 0 Å². The van der Waals surface area contributed by atoms with Gasteiger partial charge in [0.1, 0.15) is 0 Å². The first-order chi connectivity index (χ1) is 6.11. The Bertz CT molecular complexity index is 198. The molecule has 0 spiro atoms. The van der Waals surface area contributed by atoms with Gasteiger partial charge in [-0.25, -0.2) is 0 Å². The second-order valence-corrected chi connectivity index (χ2v) is 4.58. The maximum atomic E-state index is 9.65. The summed E-state index contributed by atoms with van der Waals surface area (Å²) in [6, 6.07) is 0. The summed E-state index contributed by atoms with van der Waals surface area (Å²) in [5.41, 5.74) is 0. The van der Waals surface area contributed by atoms with Gasteiger partial charge in [-0.05, 0) is 43.9 Å². The summed E-state index contributed by atoms with van der Waals surface area (Å²) in [4.78, 5) is 0. The van der Waals surface area contributed by atoms with Crippen LogP contribution in [0.15, 0.2) is 12.2 Å². The predicted octanol–water partition coefficient (Wildman–Crippen LogP) is 1.19. The Morgan fingerprint density at radius 2 is 1.38 bits per heavy atom. The Morgan fingerprint density at radius 3 is 1.69 bits per heavy atom. The number of aliphatic hydroxyl groups is 2. The minimum Gasteiger partial charge on any atom is -0.393 e. The molecule has 2 rings (SSSR count). The van der Waals surface area contributed by atoms with Crippen LogP contribution in [0.4, 0.5) is 0 Å². The van der Waals surface area contributed by atoms with Crippen molar-refractivity contribution in [3.05, 3.63) is 12.2 Å². The lowest BCUT2D eigenvalue weighted by Crippen LogP contribution is -2.35. The van der Waals surface area contributed by atoms with Gasteiger partial charge in [-0.3, -0.25) is 0 Å². The summed E-state index contributed by atoms with van der Waals surface area (Å²) in [5.74, 6) is 1.55. The van der Waals surface area contributed by atoms with Gasteiger partial charge in [0.25, 0.3) is 0 Å². The van der Waals surface area contributed by atoms with Gasteiger partial charge in [0.15, 0.2) is 0 Å². The summed E-state index contributed by atoms with van der Waals surface area (Å²) >= 11 is 0. The van der Waals surface area contributed by atoms with Gasteiger partial charge >= 0.3 is 0 Å². The number of hydrogen-bond acceptors (Lipinski definition) is 2. The number of fused-ring (bicyclic) bond motifs is 2. The fraction of sp³-hybridized carbons (Fsp3) is 0.818. The van der Waals surface area contributed by atoms with Crippen LogP contribution in [0.1, 0.15) is 20.3 Å². The zero-order valence-corrected chi connectivity index (χ0v) is 8.22.